The molecule has 1 heterocycles. The molecule has 0 radical (unpaired) electrons. The lowest BCUT2D eigenvalue weighted by Crippen LogP contribution is -2.33. The first-order chi connectivity index (χ1) is 11.5. The van der Waals surface area contributed by atoms with Crippen LogP contribution in [0.25, 0.3) is 0 Å². The highest BCUT2D eigenvalue weighted by Gasteiger charge is 2.39. The maximum atomic E-state index is 12.5. The summed E-state index contributed by atoms with van der Waals surface area (Å²) >= 11 is 6.14. The lowest BCUT2D eigenvalue weighted by molar-refractivity contribution is 0.0866. The third kappa shape index (κ3) is 3.49. The van der Waals surface area contributed by atoms with Crippen LogP contribution in [0.4, 0.5) is 10.5 Å². The number of urea groups is 1. The van der Waals surface area contributed by atoms with Crippen molar-refractivity contribution in [3.05, 3.63) is 28.8 Å². The van der Waals surface area contributed by atoms with Crippen molar-refractivity contribution in [1.82, 2.24) is 10.2 Å². The molecule has 2 aliphatic rings. The quantitative estimate of drug-likeness (QED) is 0.764. The highest BCUT2D eigenvalue weighted by molar-refractivity contribution is 6.33. The molecular weight excluding hydrogens is 330 g/mol. The van der Waals surface area contributed by atoms with Crippen molar-refractivity contribution in [2.75, 3.05) is 25.5 Å². The second kappa shape index (κ2) is 6.99. The lowest BCUT2D eigenvalue weighted by Gasteiger charge is -2.27. The van der Waals surface area contributed by atoms with E-state index in [-0.39, 0.29) is 18.0 Å². The number of carbonyl (C=O) groups is 2. The summed E-state index contributed by atoms with van der Waals surface area (Å²) in [6, 6.07) is 4.58. The molecule has 3 atom stereocenters. The van der Waals surface area contributed by atoms with Crippen LogP contribution in [0, 0.1) is 11.8 Å². The summed E-state index contributed by atoms with van der Waals surface area (Å²) in [6.07, 6.45) is 2.30. The molecule has 2 fully saturated rings. The molecule has 3 rings (SSSR count). The zero-order chi connectivity index (χ0) is 17.3. The van der Waals surface area contributed by atoms with Crippen LogP contribution in [0.1, 0.15) is 29.6 Å². The third-order valence-corrected chi connectivity index (χ3v) is 5.34. The minimum atomic E-state index is -0.243. The Bertz CT molecular complexity index is 652. The van der Waals surface area contributed by atoms with Gasteiger partial charge >= 0.3 is 6.03 Å². The fraction of sp³-hybridized carbons (Fsp3) is 0.529. The lowest BCUT2D eigenvalue weighted by atomic mass is 9.80. The Kier molecular flexibility index (Phi) is 4.96. The predicted octanol–water partition coefficient (Wildman–Crippen LogP) is 2.32. The molecule has 1 aromatic rings. The summed E-state index contributed by atoms with van der Waals surface area (Å²) in [5.41, 5.74) is 0.869. The van der Waals surface area contributed by atoms with Gasteiger partial charge in [0.25, 0.3) is 5.91 Å². The van der Waals surface area contributed by atoms with E-state index in [1.807, 2.05) is 0 Å². The van der Waals surface area contributed by atoms with Gasteiger partial charge in [-0.1, -0.05) is 11.6 Å². The molecule has 3 amide bonds. The van der Waals surface area contributed by atoms with E-state index in [4.69, 9.17) is 11.6 Å². The number of hydrogen-bond acceptors (Lipinski definition) is 3. The summed E-state index contributed by atoms with van der Waals surface area (Å²) < 4.78 is 0. The molecule has 0 aromatic heterocycles. The minimum absolute atomic E-state index is 0.213. The van der Waals surface area contributed by atoms with Gasteiger partial charge in [-0.2, -0.15) is 0 Å². The van der Waals surface area contributed by atoms with Gasteiger partial charge in [0, 0.05) is 25.7 Å². The van der Waals surface area contributed by atoms with E-state index in [0.29, 0.717) is 41.2 Å². The van der Waals surface area contributed by atoms with Crippen molar-refractivity contribution in [2.24, 2.45) is 11.8 Å². The summed E-state index contributed by atoms with van der Waals surface area (Å²) in [4.78, 5) is 26.0. The van der Waals surface area contributed by atoms with Gasteiger partial charge in [-0.15, -0.1) is 0 Å². The fourth-order valence-corrected chi connectivity index (χ4v) is 3.84. The van der Waals surface area contributed by atoms with Crippen LogP contribution in [-0.2, 0) is 0 Å². The molecule has 7 heteroatoms. The number of benzene rings is 1. The highest BCUT2D eigenvalue weighted by atomic mass is 35.5. The number of rotatable bonds is 2. The molecule has 0 spiro atoms. The SMILES string of the molecule is CNC(=O)c1ccc(Cl)c(NC(=O)N2CC3CCC(O)CC3C2)c1. The van der Waals surface area contributed by atoms with Gasteiger partial charge < -0.3 is 20.6 Å². The Morgan fingerprint density at radius 3 is 2.75 bits per heavy atom. The standard InChI is InChI=1S/C17H22ClN3O3/c1-19-16(23)10-3-5-14(18)15(7-10)20-17(24)21-8-11-2-4-13(22)6-12(11)9-21/h3,5,7,11-13,22H,2,4,6,8-9H2,1H3,(H,19,23)(H,20,24). The van der Waals surface area contributed by atoms with Crippen LogP contribution in [0.2, 0.25) is 5.02 Å². The van der Waals surface area contributed by atoms with Gasteiger partial charge in [-0.25, -0.2) is 4.79 Å². The van der Waals surface area contributed by atoms with Crippen molar-refractivity contribution in [2.45, 2.75) is 25.4 Å². The van der Waals surface area contributed by atoms with Crippen LogP contribution in [0.3, 0.4) is 0 Å². The first-order valence-electron chi connectivity index (χ1n) is 8.23. The molecule has 1 aliphatic heterocycles. The minimum Gasteiger partial charge on any atom is -0.393 e. The highest BCUT2D eigenvalue weighted by Crippen LogP contribution is 2.36. The van der Waals surface area contributed by atoms with Gasteiger partial charge in [-0.05, 0) is 49.3 Å². The molecule has 3 unspecified atom stereocenters. The average Bonchev–Trinajstić information content (AvgIpc) is 2.99. The number of aliphatic hydroxyl groups is 1. The van der Waals surface area contributed by atoms with Gasteiger partial charge in [0.15, 0.2) is 0 Å². The number of anilines is 1. The Hall–Kier alpha value is -1.79. The number of nitrogens with zero attached hydrogens (tertiary/aromatic N) is 1. The molecule has 130 valence electrons. The van der Waals surface area contributed by atoms with Crippen LogP contribution >= 0.6 is 11.6 Å². The summed E-state index contributed by atoms with van der Waals surface area (Å²) in [6.45, 7) is 1.36. The topological polar surface area (TPSA) is 81.7 Å². The third-order valence-electron chi connectivity index (χ3n) is 5.01. The van der Waals surface area contributed by atoms with Gasteiger partial charge in [0.2, 0.25) is 0 Å². The van der Waals surface area contributed by atoms with E-state index in [0.717, 1.165) is 19.3 Å². The van der Waals surface area contributed by atoms with Crippen molar-refractivity contribution < 1.29 is 14.7 Å². The van der Waals surface area contributed by atoms with Crippen molar-refractivity contribution in [3.8, 4) is 0 Å². The number of hydrogen-bond donors (Lipinski definition) is 3. The fourth-order valence-electron chi connectivity index (χ4n) is 3.67. The number of amides is 3. The van der Waals surface area contributed by atoms with E-state index in [9.17, 15) is 14.7 Å². The number of fused-ring (bicyclic) bond motifs is 1. The number of likely N-dealkylation sites (tertiary alicyclic amines) is 1. The Morgan fingerprint density at radius 1 is 1.25 bits per heavy atom. The predicted molar refractivity (Wildman–Crippen MR) is 92.3 cm³/mol. The number of aliphatic hydroxyl groups excluding tert-OH is 1. The van der Waals surface area contributed by atoms with Crippen molar-refractivity contribution in [1.29, 1.82) is 0 Å². The molecule has 1 saturated heterocycles. The zero-order valence-corrected chi connectivity index (χ0v) is 14.3. The molecular formula is C17H22ClN3O3. The Labute approximate surface area is 146 Å². The van der Waals surface area contributed by atoms with Crippen LogP contribution in [0.5, 0.6) is 0 Å². The molecule has 1 saturated carbocycles. The van der Waals surface area contributed by atoms with Gasteiger partial charge in [0.05, 0.1) is 16.8 Å². The second-order valence-corrected chi connectivity index (χ2v) is 7.00. The number of carbonyl (C=O) groups excluding carboxylic acids is 2. The molecule has 0 bridgehead atoms. The number of nitrogens with one attached hydrogen (secondary N) is 2. The smallest absolute Gasteiger partial charge is 0.321 e. The normalized spacial score (nSPS) is 26.0. The Morgan fingerprint density at radius 2 is 2.00 bits per heavy atom. The van der Waals surface area contributed by atoms with Crippen LogP contribution in [-0.4, -0.2) is 48.2 Å². The van der Waals surface area contributed by atoms with Crippen molar-refractivity contribution >= 4 is 29.2 Å². The van der Waals surface area contributed by atoms with E-state index in [2.05, 4.69) is 10.6 Å². The largest absolute Gasteiger partial charge is 0.393 e. The maximum absolute atomic E-state index is 12.5. The van der Waals surface area contributed by atoms with Crippen LogP contribution in [0.15, 0.2) is 18.2 Å². The van der Waals surface area contributed by atoms with Gasteiger partial charge in [0.1, 0.15) is 0 Å². The molecule has 6 nitrogen and oxygen atoms in total. The monoisotopic (exact) mass is 351 g/mol. The van der Waals surface area contributed by atoms with E-state index < -0.39 is 0 Å². The summed E-state index contributed by atoms with van der Waals surface area (Å²) in [5, 5.41) is 15.5. The number of halogens is 1. The van der Waals surface area contributed by atoms with Crippen molar-refractivity contribution in [3.63, 3.8) is 0 Å². The molecule has 24 heavy (non-hydrogen) atoms. The Balaban J connectivity index is 1.68. The average molecular weight is 352 g/mol. The summed E-state index contributed by atoms with van der Waals surface area (Å²) in [7, 11) is 1.55. The van der Waals surface area contributed by atoms with E-state index >= 15 is 0 Å². The summed E-state index contributed by atoms with van der Waals surface area (Å²) in [5.74, 6) is 0.599. The molecule has 1 aromatic carbocycles. The van der Waals surface area contributed by atoms with Gasteiger partial charge in [-0.3, -0.25) is 4.79 Å². The van der Waals surface area contributed by atoms with Crippen LogP contribution < -0.4 is 10.6 Å². The first-order valence-corrected chi connectivity index (χ1v) is 8.61. The molecule has 3 N–H and O–H groups in total. The van der Waals surface area contributed by atoms with E-state index in [1.54, 1.807) is 30.1 Å². The second-order valence-electron chi connectivity index (χ2n) is 6.60. The zero-order valence-electron chi connectivity index (χ0n) is 13.6. The molecule has 1 aliphatic carbocycles. The first kappa shape index (κ1) is 17.0. The van der Waals surface area contributed by atoms with E-state index in [1.165, 1.54) is 0 Å². The maximum Gasteiger partial charge on any atom is 0.321 e.